The number of rotatable bonds is 7. The van der Waals surface area contributed by atoms with Crippen molar-refractivity contribution in [3.05, 3.63) is 41.5 Å². The summed E-state index contributed by atoms with van der Waals surface area (Å²) >= 11 is 0. The molecule has 21 heavy (non-hydrogen) atoms. The SMILES string of the molecule is CCn1cc(COc2ccc(C)nc2CNC2CC2)cn1. The quantitative estimate of drug-likeness (QED) is 0.849. The predicted molar refractivity (Wildman–Crippen MR) is 81.1 cm³/mol. The number of pyridine rings is 1. The fourth-order valence-electron chi connectivity index (χ4n) is 2.20. The van der Waals surface area contributed by atoms with Crippen LogP contribution in [0.3, 0.4) is 0 Å². The molecular weight excluding hydrogens is 264 g/mol. The van der Waals surface area contributed by atoms with Gasteiger partial charge in [0.1, 0.15) is 12.4 Å². The summed E-state index contributed by atoms with van der Waals surface area (Å²) in [4.78, 5) is 4.60. The molecule has 0 spiro atoms. The molecule has 1 saturated carbocycles. The maximum Gasteiger partial charge on any atom is 0.142 e. The Bertz CT molecular complexity index is 604. The third-order valence-corrected chi connectivity index (χ3v) is 3.61. The summed E-state index contributed by atoms with van der Waals surface area (Å²) < 4.78 is 7.84. The molecule has 0 bridgehead atoms. The van der Waals surface area contributed by atoms with E-state index in [9.17, 15) is 0 Å². The van der Waals surface area contributed by atoms with Gasteiger partial charge in [0.25, 0.3) is 0 Å². The minimum atomic E-state index is 0.529. The summed E-state index contributed by atoms with van der Waals surface area (Å²) in [7, 11) is 0. The van der Waals surface area contributed by atoms with Gasteiger partial charge in [-0.05, 0) is 38.8 Å². The smallest absolute Gasteiger partial charge is 0.142 e. The Hall–Kier alpha value is -1.88. The van der Waals surface area contributed by atoms with Gasteiger partial charge in [-0.2, -0.15) is 5.10 Å². The van der Waals surface area contributed by atoms with E-state index in [4.69, 9.17) is 4.74 Å². The number of aryl methyl sites for hydroxylation is 2. The molecule has 1 N–H and O–H groups in total. The van der Waals surface area contributed by atoms with Gasteiger partial charge in [0, 0.05) is 36.6 Å². The van der Waals surface area contributed by atoms with Gasteiger partial charge in [-0.3, -0.25) is 9.67 Å². The first-order chi connectivity index (χ1) is 10.2. The van der Waals surface area contributed by atoms with Crippen molar-refractivity contribution in [2.24, 2.45) is 0 Å². The standard InChI is InChI=1S/C16H22N4O/c1-3-20-10-13(8-18-20)11-21-16-7-4-12(2)19-15(16)9-17-14-5-6-14/h4,7-8,10,14,17H,3,5-6,9,11H2,1-2H3. The summed E-state index contributed by atoms with van der Waals surface area (Å²) in [5.41, 5.74) is 3.09. The van der Waals surface area contributed by atoms with Crippen LogP contribution in [0, 0.1) is 6.92 Å². The first-order valence-electron chi connectivity index (χ1n) is 7.58. The molecule has 0 amide bonds. The molecule has 0 saturated heterocycles. The van der Waals surface area contributed by atoms with Gasteiger partial charge in [0.05, 0.1) is 11.9 Å². The van der Waals surface area contributed by atoms with Crippen LogP contribution in [0.2, 0.25) is 0 Å². The zero-order valence-corrected chi connectivity index (χ0v) is 12.7. The summed E-state index contributed by atoms with van der Waals surface area (Å²) in [5.74, 6) is 0.859. The molecule has 2 aromatic rings. The average Bonchev–Trinajstić information content (AvgIpc) is 3.21. The number of aromatic nitrogens is 3. The highest BCUT2D eigenvalue weighted by Gasteiger charge is 2.21. The molecule has 5 heteroatoms. The highest BCUT2D eigenvalue weighted by Crippen LogP contribution is 2.22. The van der Waals surface area contributed by atoms with E-state index >= 15 is 0 Å². The zero-order chi connectivity index (χ0) is 14.7. The van der Waals surface area contributed by atoms with E-state index in [1.54, 1.807) is 0 Å². The lowest BCUT2D eigenvalue weighted by atomic mass is 10.2. The van der Waals surface area contributed by atoms with Gasteiger partial charge in [-0.1, -0.05) is 0 Å². The van der Waals surface area contributed by atoms with E-state index in [2.05, 4.69) is 22.3 Å². The van der Waals surface area contributed by atoms with Crippen molar-refractivity contribution in [2.75, 3.05) is 0 Å². The molecular formula is C16H22N4O. The maximum absolute atomic E-state index is 5.93. The van der Waals surface area contributed by atoms with Gasteiger partial charge >= 0.3 is 0 Å². The number of hydrogen-bond donors (Lipinski definition) is 1. The number of ether oxygens (including phenoxy) is 1. The second-order valence-electron chi connectivity index (χ2n) is 5.55. The van der Waals surface area contributed by atoms with Crippen LogP contribution in [-0.4, -0.2) is 20.8 Å². The van der Waals surface area contributed by atoms with Gasteiger partial charge in [0.15, 0.2) is 0 Å². The van der Waals surface area contributed by atoms with Crippen LogP contribution in [-0.2, 0) is 19.7 Å². The number of hydrogen-bond acceptors (Lipinski definition) is 4. The molecule has 2 aromatic heterocycles. The highest BCUT2D eigenvalue weighted by molar-refractivity contribution is 5.29. The lowest BCUT2D eigenvalue weighted by Crippen LogP contribution is -2.17. The van der Waals surface area contributed by atoms with Crippen molar-refractivity contribution in [3.8, 4) is 5.75 Å². The molecule has 5 nitrogen and oxygen atoms in total. The number of nitrogens with one attached hydrogen (secondary N) is 1. The maximum atomic E-state index is 5.93. The van der Waals surface area contributed by atoms with Crippen molar-refractivity contribution in [1.82, 2.24) is 20.1 Å². The van der Waals surface area contributed by atoms with Crippen LogP contribution < -0.4 is 10.1 Å². The normalized spacial score (nSPS) is 14.4. The monoisotopic (exact) mass is 286 g/mol. The first-order valence-corrected chi connectivity index (χ1v) is 7.58. The van der Waals surface area contributed by atoms with Crippen LogP contribution in [0.15, 0.2) is 24.5 Å². The lowest BCUT2D eigenvalue weighted by Gasteiger charge is -2.11. The molecule has 0 radical (unpaired) electrons. The highest BCUT2D eigenvalue weighted by atomic mass is 16.5. The third-order valence-electron chi connectivity index (χ3n) is 3.61. The van der Waals surface area contributed by atoms with Crippen molar-refractivity contribution >= 4 is 0 Å². The Morgan fingerprint density at radius 1 is 1.38 bits per heavy atom. The van der Waals surface area contributed by atoms with Crippen molar-refractivity contribution in [3.63, 3.8) is 0 Å². The van der Waals surface area contributed by atoms with Gasteiger partial charge < -0.3 is 10.1 Å². The molecule has 0 aliphatic heterocycles. The van der Waals surface area contributed by atoms with Gasteiger partial charge in [-0.25, -0.2) is 0 Å². The fraction of sp³-hybridized carbons (Fsp3) is 0.500. The Morgan fingerprint density at radius 3 is 2.95 bits per heavy atom. The van der Waals surface area contributed by atoms with Crippen molar-refractivity contribution in [2.45, 2.75) is 52.4 Å². The van der Waals surface area contributed by atoms with Crippen LogP contribution >= 0.6 is 0 Å². The minimum Gasteiger partial charge on any atom is -0.487 e. The largest absolute Gasteiger partial charge is 0.487 e. The molecule has 2 heterocycles. The molecule has 1 aliphatic carbocycles. The Balaban J connectivity index is 1.65. The van der Waals surface area contributed by atoms with Crippen LogP contribution in [0.5, 0.6) is 5.75 Å². The summed E-state index contributed by atoms with van der Waals surface area (Å²) in [6.07, 6.45) is 6.42. The Labute approximate surface area is 125 Å². The zero-order valence-electron chi connectivity index (χ0n) is 12.7. The van der Waals surface area contributed by atoms with Crippen molar-refractivity contribution < 1.29 is 4.74 Å². The summed E-state index contributed by atoms with van der Waals surface area (Å²) in [6.45, 7) is 6.26. The Morgan fingerprint density at radius 2 is 2.24 bits per heavy atom. The molecule has 0 atom stereocenters. The van der Waals surface area contributed by atoms with Crippen LogP contribution in [0.1, 0.15) is 36.7 Å². The molecule has 0 aromatic carbocycles. The third kappa shape index (κ3) is 3.82. The average molecular weight is 286 g/mol. The van der Waals surface area contributed by atoms with E-state index in [0.717, 1.165) is 35.8 Å². The van der Waals surface area contributed by atoms with E-state index in [-0.39, 0.29) is 0 Å². The van der Waals surface area contributed by atoms with Gasteiger partial charge in [0.2, 0.25) is 0 Å². The van der Waals surface area contributed by atoms with E-state index < -0.39 is 0 Å². The summed E-state index contributed by atoms with van der Waals surface area (Å²) in [5, 5.41) is 7.75. The number of nitrogens with zero attached hydrogens (tertiary/aromatic N) is 3. The predicted octanol–water partition coefficient (Wildman–Crippen LogP) is 2.44. The second-order valence-corrected chi connectivity index (χ2v) is 5.55. The van der Waals surface area contributed by atoms with Crippen LogP contribution in [0.25, 0.3) is 0 Å². The molecule has 112 valence electrons. The minimum absolute atomic E-state index is 0.529. The summed E-state index contributed by atoms with van der Waals surface area (Å²) in [6, 6.07) is 4.67. The lowest BCUT2D eigenvalue weighted by molar-refractivity contribution is 0.300. The Kier molecular flexibility index (Phi) is 4.20. The second kappa shape index (κ2) is 6.26. The first kappa shape index (κ1) is 14.1. The van der Waals surface area contributed by atoms with E-state index in [1.807, 2.05) is 36.1 Å². The molecule has 1 fully saturated rings. The fourth-order valence-corrected chi connectivity index (χ4v) is 2.20. The van der Waals surface area contributed by atoms with Crippen LogP contribution in [0.4, 0.5) is 0 Å². The molecule has 3 rings (SSSR count). The van der Waals surface area contributed by atoms with Gasteiger partial charge in [-0.15, -0.1) is 0 Å². The van der Waals surface area contributed by atoms with E-state index in [0.29, 0.717) is 12.6 Å². The molecule has 0 unspecified atom stereocenters. The van der Waals surface area contributed by atoms with Crippen molar-refractivity contribution in [1.29, 1.82) is 0 Å². The molecule has 1 aliphatic rings. The topological polar surface area (TPSA) is 52.0 Å². The van der Waals surface area contributed by atoms with E-state index in [1.165, 1.54) is 12.8 Å².